The number of hydrogen-bond donors (Lipinski definition) is 1. The Labute approximate surface area is 132 Å². The van der Waals surface area contributed by atoms with Gasteiger partial charge in [-0.25, -0.2) is 4.79 Å². The highest BCUT2D eigenvalue weighted by molar-refractivity contribution is 9.10. The van der Waals surface area contributed by atoms with Gasteiger partial charge < -0.3 is 9.73 Å². The molecule has 0 radical (unpaired) electrons. The van der Waals surface area contributed by atoms with Gasteiger partial charge in [0.15, 0.2) is 0 Å². The molecule has 2 heterocycles. The molecule has 106 valence electrons. The van der Waals surface area contributed by atoms with Crippen molar-refractivity contribution in [2.75, 3.05) is 0 Å². The van der Waals surface area contributed by atoms with E-state index in [9.17, 15) is 9.59 Å². The Bertz CT molecular complexity index is 855. The van der Waals surface area contributed by atoms with Gasteiger partial charge in [0.2, 0.25) is 0 Å². The molecule has 1 N–H and O–H groups in total. The predicted molar refractivity (Wildman–Crippen MR) is 85.7 cm³/mol. The average molecular weight is 364 g/mol. The van der Waals surface area contributed by atoms with E-state index in [-0.39, 0.29) is 5.56 Å². The van der Waals surface area contributed by atoms with Crippen molar-refractivity contribution in [2.24, 2.45) is 0 Å². The summed E-state index contributed by atoms with van der Waals surface area (Å²) in [6.07, 6.45) is 0. The van der Waals surface area contributed by atoms with Gasteiger partial charge in [0.1, 0.15) is 11.1 Å². The van der Waals surface area contributed by atoms with Gasteiger partial charge in [0.05, 0.1) is 6.54 Å². The van der Waals surface area contributed by atoms with Crippen molar-refractivity contribution in [1.82, 2.24) is 5.32 Å². The smallest absolute Gasteiger partial charge is 0.349 e. The second kappa shape index (κ2) is 5.83. The van der Waals surface area contributed by atoms with E-state index in [0.29, 0.717) is 17.5 Å². The van der Waals surface area contributed by atoms with Crippen LogP contribution in [0.1, 0.15) is 15.2 Å². The van der Waals surface area contributed by atoms with Gasteiger partial charge in [0, 0.05) is 14.7 Å². The van der Waals surface area contributed by atoms with Gasteiger partial charge in [-0.05, 0) is 35.7 Å². The van der Waals surface area contributed by atoms with E-state index in [2.05, 4.69) is 21.2 Å². The number of thiophene rings is 1. The molecule has 3 rings (SSSR count). The lowest BCUT2D eigenvalue weighted by atomic mass is 10.2. The summed E-state index contributed by atoms with van der Waals surface area (Å²) in [5.41, 5.74) is -0.163. The second-order valence-electron chi connectivity index (χ2n) is 4.39. The monoisotopic (exact) mass is 363 g/mol. The minimum atomic E-state index is -0.631. The van der Waals surface area contributed by atoms with Gasteiger partial charge in [-0.3, -0.25) is 4.79 Å². The molecule has 0 aliphatic heterocycles. The number of rotatable bonds is 3. The number of benzene rings is 1. The summed E-state index contributed by atoms with van der Waals surface area (Å²) in [6.45, 7) is 0.395. The van der Waals surface area contributed by atoms with E-state index < -0.39 is 11.5 Å². The summed E-state index contributed by atoms with van der Waals surface area (Å²) < 4.78 is 6.03. The Morgan fingerprint density at radius 3 is 2.90 bits per heavy atom. The molecule has 0 saturated carbocycles. The Kier molecular flexibility index (Phi) is 3.90. The highest BCUT2D eigenvalue weighted by Crippen LogP contribution is 2.19. The molecular weight excluding hydrogens is 354 g/mol. The first-order valence-corrected chi connectivity index (χ1v) is 7.85. The third-order valence-electron chi connectivity index (χ3n) is 2.94. The molecule has 0 saturated heterocycles. The number of fused-ring (bicyclic) bond motifs is 1. The number of nitrogens with one attached hydrogen (secondary N) is 1. The zero-order valence-corrected chi connectivity index (χ0v) is 13.2. The minimum Gasteiger partial charge on any atom is -0.422 e. The zero-order valence-electron chi connectivity index (χ0n) is 10.8. The van der Waals surface area contributed by atoms with Crippen LogP contribution in [-0.4, -0.2) is 5.91 Å². The molecule has 0 unspecified atom stereocenters. The van der Waals surface area contributed by atoms with Crippen molar-refractivity contribution in [2.45, 2.75) is 6.54 Å². The summed E-state index contributed by atoms with van der Waals surface area (Å²) in [7, 11) is 0. The number of carbonyl (C=O) groups excluding carboxylic acids is 1. The van der Waals surface area contributed by atoms with Crippen LogP contribution in [0.3, 0.4) is 0 Å². The van der Waals surface area contributed by atoms with Crippen molar-refractivity contribution >= 4 is 44.1 Å². The summed E-state index contributed by atoms with van der Waals surface area (Å²) in [5.74, 6) is -0.431. The molecule has 2 aromatic heterocycles. The molecule has 3 aromatic rings. The number of halogens is 1. The van der Waals surface area contributed by atoms with E-state index in [1.165, 1.54) is 0 Å². The molecule has 0 aliphatic rings. The van der Waals surface area contributed by atoms with E-state index >= 15 is 0 Å². The largest absolute Gasteiger partial charge is 0.422 e. The normalized spacial score (nSPS) is 10.7. The van der Waals surface area contributed by atoms with Crippen LogP contribution in [0.4, 0.5) is 0 Å². The Morgan fingerprint density at radius 1 is 1.29 bits per heavy atom. The molecular formula is C15H10BrNO3S. The van der Waals surface area contributed by atoms with Crippen LogP contribution in [0.5, 0.6) is 0 Å². The van der Waals surface area contributed by atoms with Crippen LogP contribution in [0, 0.1) is 0 Å². The minimum absolute atomic E-state index is 0.0113. The van der Waals surface area contributed by atoms with E-state index in [1.807, 2.05) is 17.5 Å². The lowest BCUT2D eigenvalue weighted by Crippen LogP contribution is -2.27. The third-order valence-corrected chi connectivity index (χ3v) is 4.31. The van der Waals surface area contributed by atoms with E-state index in [1.54, 1.807) is 35.6 Å². The van der Waals surface area contributed by atoms with Crippen LogP contribution >= 0.6 is 27.3 Å². The van der Waals surface area contributed by atoms with Crippen LogP contribution in [-0.2, 0) is 6.54 Å². The van der Waals surface area contributed by atoms with Crippen molar-refractivity contribution in [3.05, 3.63) is 67.1 Å². The van der Waals surface area contributed by atoms with Gasteiger partial charge in [-0.2, -0.15) is 0 Å². The maximum Gasteiger partial charge on any atom is 0.349 e. The van der Waals surface area contributed by atoms with E-state index in [0.717, 1.165) is 9.35 Å². The van der Waals surface area contributed by atoms with Gasteiger partial charge in [-0.15, -0.1) is 11.3 Å². The summed E-state index contributed by atoms with van der Waals surface area (Å²) in [5, 5.41) is 5.35. The standard InChI is InChI=1S/C15H10BrNO3S/c16-10-3-4-13-9(6-10)7-12(15(19)20-13)14(18)17-8-11-2-1-5-21-11/h1-7H,8H2,(H,17,18). The average Bonchev–Trinajstić information content (AvgIpc) is 2.98. The highest BCUT2D eigenvalue weighted by Gasteiger charge is 2.13. The Hall–Kier alpha value is -1.92. The van der Waals surface area contributed by atoms with Gasteiger partial charge >= 0.3 is 5.63 Å². The SMILES string of the molecule is O=C(NCc1cccs1)c1cc2cc(Br)ccc2oc1=O. The van der Waals surface area contributed by atoms with Crippen LogP contribution in [0.2, 0.25) is 0 Å². The second-order valence-corrected chi connectivity index (χ2v) is 6.34. The molecule has 0 atom stereocenters. The Balaban J connectivity index is 1.90. The first-order chi connectivity index (χ1) is 10.1. The summed E-state index contributed by atoms with van der Waals surface area (Å²) in [4.78, 5) is 25.0. The summed E-state index contributed by atoms with van der Waals surface area (Å²) in [6, 6.07) is 10.7. The van der Waals surface area contributed by atoms with Gasteiger partial charge in [-0.1, -0.05) is 22.0 Å². The topological polar surface area (TPSA) is 59.3 Å². The van der Waals surface area contributed by atoms with Crippen LogP contribution < -0.4 is 10.9 Å². The molecule has 1 aromatic carbocycles. The fourth-order valence-corrected chi connectivity index (χ4v) is 2.95. The molecule has 1 amide bonds. The fraction of sp³-hybridized carbons (Fsp3) is 0.0667. The number of amides is 1. The first kappa shape index (κ1) is 14.0. The molecule has 4 nitrogen and oxygen atoms in total. The highest BCUT2D eigenvalue weighted by atomic mass is 79.9. The zero-order chi connectivity index (χ0) is 14.8. The van der Waals surface area contributed by atoms with Crippen molar-refractivity contribution in [3.8, 4) is 0 Å². The predicted octanol–water partition coefficient (Wildman–Crippen LogP) is 3.55. The van der Waals surface area contributed by atoms with Crippen molar-refractivity contribution in [1.29, 1.82) is 0 Å². The quantitative estimate of drug-likeness (QED) is 0.723. The maximum atomic E-state index is 12.1. The first-order valence-electron chi connectivity index (χ1n) is 6.17. The number of carbonyl (C=O) groups is 1. The molecule has 0 spiro atoms. The molecule has 0 fully saturated rings. The van der Waals surface area contributed by atoms with Crippen molar-refractivity contribution < 1.29 is 9.21 Å². The maximum absolute atomic E-state index is 12.1. The number of hydrogen-bond acceptors (Lipinski definition) is 4. The van der Waals surface area contributed by atoms with Crippen LogP contribution in [0.15, 0.2) is 55.5 Å². The fourth-order valence-electron chi connectivity index (χ4n) is 1.93. The lowest BCUT2D eigenvalue weighted by molar-refractivity contribution is 0.0948. The van der Waals surface area contributed by atoms with E-state index in [4.69, 9.17) is 4.42 Å². The van der Waals surface area contributed by atoms with Gasteiger partial charge in [0.25, 0.3) is 5.91 Å². The lowest BCUT2D eigenvalue weighted by Gasteiger charge is -2.04. The van der Waals surface area contributed by atoms with Crippen molar-refractivity contribution in [3.63, 3.8) is 0 Å². The molecule has 6 heteroatoms. The Morgan fingerprint density at radius 2 is 2.14 bits per heavy atom. The summed E-state index contributed by atoms with van der Waals surface area (Å²) >= 11 is 4.90. The molecule has 0 aliphatic carbocycles. The molecule has 21 heavy (non-hydrogen) atoms. The van der Waals surface area contributed by atoms with Crippen LogP contribution in [0.25, 0.3) is 11.0 Å². The third kappa shape index (κ3) is 3.06. The molecule has 0 bridgehead atoms.